The zero-order chi connectivity index (χ0) is 21.0. The predicted molar refractivity (Wildman–Crippen MR) is 131 cm³/mol. The van der Waals surface area contributed by atoms with E-state index in [0.29, 0.717) is 0 Å². The second kappa shape index (κ2) is 8.47. The average Bonchev–Trinajstić information content (AvgIpc) is 2.86. The Hall–Kier alpha value is -3.88. The maximum Gasteiger partial charge on any atom is 0.101 e. The van der Waals surface area contributed by atoms with Crippen LogP contribution in [-0.4, -0.2) is 6.17 Å². The summed E-state index contributed by atoms with van der Waals surface area (Å²) in [7, 11) is 0. The molecule has 31 heavy (non-hydrogen) atoms. The normalized spacial score (nSPS) is 15.6. The van der Waals surface area contributed by atoms with Crippen LogP contribution in [0, 0.1) is 0 Å². The summed E-state index contributed by atoms with van der Waals surface area (Å²) in [6.45, 7) is 0. The van der Waals surface area contributed by atoms with Crippen LogP contribution in [0.5, 0.6) is 0 Å². The summed E-state index contributed by atoms with van der Waals surface area (Å²) >= 11 is 0. The van der Waals surface area contributed by atoms with E-state index in [9.17, 15) is 0 Å². The summed E-state index contributed by atoms with van der Waals surface area (Å²) in [6.07, 6.45) is 3.97. The minimum Gasteiger partial charge on any atom is -0.372 e. The standard InChI is InChI=1S/C29H24N2/c30-29-28(26-17-15-24(16-18-26)22-9-5-2-6-10-22)19-27(20-31-29)25-13-11-23(12-14-25)21-7-3-1-4-8-21/h1-20,29,31H,30H2. The molecule has 0 radical (unpaired) electrons. The topological polar surface area (TPSA) is 38.0 Å². The molecule has 0 spiro atoms. The van der Waals surface area contributed by atoms with Crippen molar-refractivity contribution in [1.29, 1.82) is 0 Å². The fourth-order valence-electron chi connectivity index (χ4n) is 3.97. The Bertz CT molecular complexity index is 1220. The molecule has 4 aromatic rings. The summed E-state index contributed by atoms with van der Waals surface area (Å²) in [6, 6.07) is 38.1. The van der Waals surface area contributed by atoms with E-state index in [-0.39, 0.29) is 6.17 Å². The fraction of sp³-hybridized carbons (Fsp3) is 0.0345. The largest absolute Gasteiger partial charge is 0.372 e. The SMILES string of the molecule is NC1NC=C(c2ccc(-c3ccccc3)cc2)C=C1c1ccc(-c2ccccc2)cc1. The van der Waals surface area contributed by atoms with Gasteiger partial charge in [-0.3, -0.25) is 0 Å². The molecule has 0 fully saturated rings. The molecule has 0 aromatic heterocycles. The van der Waals surface area contributed by atoms with Gasteiger partial charge in [-0.15, -0.1) is 0 Å². The Morgan fingerprint density at radius 1 is 0.484 bits per heavy atom. The summed E-state index contributed by atoms with van der Waals surface area (Å²) in [5.41, 5.74) is 15.7. The molecule has 2 heteroatoms. The Morgan fingerprint density at radius 3 is 1.42 bits per heavy atom. The van der Waals surface area contributed by atoms with Crippen LogP contribution in [0.25, 0.3) is 33.4 Å². The first-order chi connectivity index (χ1) is 15.3. The van der Waals surface area contributed by atoms with Gasteiger partial charge in [0.1, 0.15) is 6.17 Å². The van der Waals surface area contributed by atoms with Crippen molar-refractivity contribution >= 4 is 11.1 Å². The number of hydrogen-bond donors (Lipinski definition) is 2. The molecule has 1 heterocycles. The van der Waals surface area contributed by atoms with Crippen LogP contribution in [0.4, 0.5) is 0 Å². The van der Waals surface area contributed by atoms with Gasteiger partial charge in [-0.1, -0.05) is 109 Å². The highest BCUT2D eigenvalue weighted by Gasteiger charge is 2.16. The lowest BCUT2D eigenvalue weighted by atomic mass is 9.93. The molecule has 1 aliphatic heterocycles. The number of allylic oxidation sites excluding steroid dienone is 2. The molecule has 3 N–H and O–H groups in total. The van der Waals surface area contributed by atoms with Gasteiger partial charge in [0.05, 0.1) is 0 Å². The van der Waals surface area contributed by atoms with E-state index in [2.05, 4.69) is 108 Å². The highest BCUT2D eigenvalue weighted by Crippen LogP contribution is 2.30. The van der Waals surface area contributed by atoms with Gasteiger partial charge in [0.15, 0.2) is 0 Å². The first-order valence-electron chi connectivity index (χ1n) is 10.5. The third kappa shape index (κ3) is 4.07. The summed E-state index contributed by atoms with van der Waals surface area (Å²) in [5.74, 6) is 0. The zero-order valence-corrected chi connectivity index (χ0v) is 17.2. The van der Waals surface area contributed by atoms with Crippen molar-refractivity contribution in [2.75, 3.05) is 0 Å². The minimum atomic E-state index is -0.227. The summed E-state index contributed by atoms with van der Waals surface area (Å²) < 4.78 is 0. The Balaban J connectivity index is 1.41. The lowest BCUT2D eigenvalue weighted by Crippen LogP contribution is -2.36. The highest BCUT2D eigenvalue weighted by molar-refractivity contribution is 5.88. The first-order valence-corrected chi connectivity index (χ1v) is 10.5. The van der Waals surface area contributed by atoms with Crippen molar-refractivity contribution in [1.82, 2.24) is 5.32 Å². The first kappa shape index (κ1) is 19.1. The number of nitrogens with one attached hydrogen (secondary N) is 1. The van der Waals surface area contributed by atoms with Crippen LogP contribution in [0.1, 0.15) is 11.1 Å². The molecule has 1 aliphatic rings. The van der Waals surface area contributed by atoms with Crippen molar-refractivity contribution in [2.24, 2.45) is 5.73 Å². The number of dihydropyridines is 1. The number of nitrogens with two attached hydrogens (primary N) is 1. The van der Waals surface area contributed by atoms with Crippen molar-refractivity contribution in [2.45, 2.75) is 6.17 Å². The number of benzene rings is 4. The van der Waals surface area contributed by atoms with Gasteiger partial charge < -0.3 is 11.1 Å². The van der Waals surface area contributed by atoms with Gasteiger partial charge in [-0.25, -0.2) is 0 Å². The van der Waals surface area contributed by atoms with Crippen molar-refractivity contribution < 1.29 is 0 Å². The molecule has 4 aromatic carbocycles. The molecular weight excluding hydrogens is 376 g/mol. The third-order valence-electron chi connectivity index (χ3n) is 5.72. The molecule has 2 nitrogen and oxygen atoms in total. The number of hydrogen-bond acceptors (Lipinski definition) is 2. The molecule has 0 bridgehead atoms. The third-order valence-corrected chi connectivity index (χ3v) is 5.72. The maximum atomic E-state index is 6.38. The Labute approximate surface area is 183 Å². The molecule has 0 saturated heterocycles. The van der Waals surface area contributed by atoms with Crippen LogP contribution in [-0.2, 0) is 0 Å². The lowest BCUT2D eigenvalue weighted by Gasteiger charge is -2.23. The molecule has 1 atom stereocenters. The molecule has 0 amide bonds. The molecule has 5 rings (SSSR count). The van der Waals surface area contributed by atoms with E-state index in [4.69, 9.17) is 5.73 Å². The smallest absolute Gasteiger partial charge is 0.101 e. The van der Waals surface area contributed by atoms with E-state index >= 15 is 0 Å². The van der Waals surface area contributed by atoms with Crippen molar-refractivity contribution in [3.8, 4) is 22.3 Å². The maximum absolute atomic E-state index is 6.38. The summed E-state index contributed by atoms with van der Waals surface area (Å²) in [4.78, 5) is 0. The van der Waals surface area contributed by atoms with Crippen LogP contribution >= 0.6 is 0 Å². The molecular formula is C29H24N2. The minimum absolute atomic E-state index is 0.227. The fourth-order valence-corrected chi connectivity index (χ4v) is 3.97. The highest BCUT2D eigenvalue weighted by atomic mass is 15.0. The van der Waals surface area contributed by atoms with Crippen LogP contribution in [0.15, 0.2) is 121 Å². The van der Waals surface area contributed by atoms with E-state index in [1.54, 1.807) is 0 Å². The zero-order valence-electron chi connectivity index (χ0n) is 17.2. The van der Waals surface area contributed by atoms with Gasteiger partial charge in [-0.05, 0) is 50.6 Å². The van der Waals surface area contributed by atoms with Crippen LogP contribution in [0.3, 0.4) is 0 Å². The van der Waals surface area contributed by atoms with Gasteiger partial charge >= 0.3 is 0 Å². The quantitative estimate of drug-likeness (QED) is 0.420. The van der Waals surface area contributed by atoms with Gasteiger partial charge in [-0.2, -0.15) is 0 Å². The van der Waals surface area contributed by atoms with E-state index in [1.807, 2.05) is 18.3 Å². The van der Waals surface area contributed by atoms with Gasteiger partial charge in [0.25, 0.3) is 0 Å². The van der Waals surface area contributed by atoms with E-state index in [1.165, 1.54) is 22.3 Å². The number of rotatable bonds is 4. The second-order valence-electron chi connectivity index (χ2n) is 7.73. The molecule has 0 aliphatic carbocycles. The Morgan fingerprint density at radius 2 is 0.903 bits per heavy atom. The second-order valence-corrected chi connectivity index (χ2v) is 7.73. The predicted octanol–water partition coefficient (Wildman–Crippen LogP) is 6.33. The van der Waals surface area contributed by atoms with Crippen LogP contribution < -0.4 is 11.1 Å². The van der Waals surface area contributed by atoms with E-state index in [0.717, 1.165) is 22.3 Å². The lowest BCUT2D eigenvalue weighted by molar-refractivity contribution is 0.747. The monoisotopic (exact) mass is 400 g/mol. The average molecular weight is 401 g/mol. The molecule has 0 saturated carbocycles. The van der Waals surface area contributed by atoms with E-state index < -0.39 is 0 Å². The molecule has 1 unspecified atom stereocenters. The van der Waals surface area contributed by atoms with Crippen LogP contribution in [0.2, 0.25) is 0 Å². The van der Waals surface area contributed by atoms with Crippen molar-refractivity contribution in [3.63, 3.8) is 0 Å². The van der Waals surface area contributed by atoms with Crippen molar-refractivity contribution in [3.05, 3.63) is 133 Å². The molecule has 150 valence electrons. The van der Waals surface area contributed by atoms with Gasteiger partial charge in [0, 0.05) is 6.20 Å². The Kier molecular flexibility index (Phi) is 5.22. The summed E-state index contributed by atoms with van der Waals surface area (Å²) in [5, 5.41) is 3.32. The van der Waals surface area contributed by atoms with Gasteiger partial charge in [0.2, 0.25) is 0 Å².